The van der Waals surface area contributed by atoms with Gasteiger partial charge in [0.1, 0.15) is 0 Å². The Kier molecular flexibility index (Phi) is 20.4. The summed E-state index contributed by atoms with van der Waals surface area (Å²) < 4.78 is 0. The molecule has 0 saturated carbocycles. The van der Waals surface area contributed by atoms with Crippen molar-refractivity contribution in [2.45, 2.75) is 232 Å². The molecule has 8 aromatic rings. The second-order valence-corrected chi connectivity index (χ2v) is 29.7. The predicted molar refractivity (Wildman–Crippen MR) is 412 cm³/mol. The van der Waals surface area contributed by atoms with Gasteiger partial charge in [-0.15, -0.1) is 0 Å². The minimum Gasteiger partial charge on any atom is -0.337 e. The molecule has 0 bridgehead atoms. The lowest BCUT2D eigenvalue weighted by Crippen LogP contribution is -2.39. The normalized spacial score (nSPS) is 17.3. The Balaban J connectivity index is 0.955. The molecule has 0 aromatic heterocycles. The van der Waals surface area contributed by atoms with Gasteiger partial charge >= 0.3 is 0 Å². The molecule has 8 aromatic carbocycles. The number of allylic oxidation sites excluding steroid dienone is 6. The molecule has 0 saturated heterocycles. The van der Waals surface area contributed by atoms with E-state index in [2.05, 4.69) is 278 Å². The lowest BCUT2D eigenvalue weighted by molar-refractivity contribution is 0.395. The van der Waals surface area contributed by atoms with E-state index < -0.39 is 0 Å². The first kappa shape index (κ1) is 66.0. The summed E-state index contributed by atoms with van der Waals surface area (Å²) >= 11 is 0. The second-order valence-electron chi connectivity index (χ2n) is 29.7. The zero-order valence-corrected chi connectivity index (χ0v) is 59.3. The molecular formula is C93H108N2. The van der Waals surface area contributed by atoms with Crippen LogP contribution in [0.15, 0.2) is 206 Å². The van der Waals surface area contributed by atoms with Gasteiger partial charge in [-0.05, 0) is 218 Å². The summed E-state index contributed by atoms with van der Waals surface area (Å²) in [6, 6.07) is 63.3. The molecule has 5 aliphatic carbocycles. The molecule has 0 N–H and O–H groups in total. The van der Waals surface area contributed by atoms with E-state index in [-0.39, 0.29) is 28.7 Å². The quantitative estimate of drug-likeness (QED) is 0.0431. The van der Waals surface area contributed by atoms with Crippen molar-refractivity contribution in [3.8, 4) is 22.3 Å². The third-order valence-corrected chi connectivity index (χ3v) is 23.7. The van der Waals surface area contributed by atoms with Crippen LogP contribution >= 0.6 is 0 Å². The molecule has 5 aliphatic rings. The molecule has 2 nitrogen and oxygen atoms in total. The summed E-state index contributed by atoms with van der Waals surface area (Å²) in [4.78, 5) is 5.34. The van der Waals surface area contributed by atoms with Crippen molar-refractivity contribution in [3.05, 3.63) is 262 Å². The van der Waals surface area contributed by atoms with Gasteiger partial charge < -0.3 is 9.80 Å². The van der Waals surface area contributed by atoms with Gasteiger partial charge in [0.05, 0.1) is 11.7 Å². The van der Waals surface area contributed by atoms with Crippen LogP contribution in [-0.4, -0.2) is 6.04 Å². The molecule has 0 heterocycles. The van der Waals surface area contributed by atoms with Crippen molar-refractivity contribution >= 4 is 45.2 Å². The van der Waals surface area contributed by atoms with Crippen LogP contribution in [-0.2, 0) is 23.7 Å². The number of anilines is 4. The molecule has 0 radical (unpaired) electrons. The van der Waals surface area contributed by atoms with Crippen LogP contribution in [0.1, 0.15) is 258 Å². The first-order valence-electron chi connectivity index (χ1n) is 37.8. The zero-order chi connectivity index (χ0) is 65.6. The molecule has 13 rings (SSSR count). The van der Waals surface area contributed by atoms with Crippen molar-refractivity contribution in [2.75, 3.05) is 9.80 Å². The maximum atomic E-state index is 2.77. The molecule has 95 heavy (non-hydrogen) atoms. The van der Waals surface area contributed by atoms with Crippen LogP contribution in [0.25, 0.3) is 44.7 Å². The van der Waals surface area contributed by atoms with Crippen molar-refractivity contribution in [1.29, 1.82) is 0 Å². The highest BCUT2D eigenvalue weighted by atomic mass is 15.2. The van der Waals surface area contributed by atoms with Crippen LogP contribution in [0.3, 0.4) is 0 Å². The van der Waals surface area contributed by atoms with Crippen LogP contribution in [0.5, 0.6) is 0 Å². The van der Waals surface area contributed by atoms with E-state index in [4.69, 9.17) is 0 Å². The third kappa shape index (κ3) is 13.1. The van der Waals surface area contributed by atoms with E-state index in [9.17, 15) is 0 Å². The molecule has 2 heteroatoms. The van der Waals surface area contributed by atoms with Gasteiger partial charge in [0.2, 0.25) is 0 Å². The molecule has 0 amide bonds. The number of hydrogen-bond acceptors (Lipinski definition) is 2. The monoisotopic (exact) mass is 1250 g/mol. The Morgan fingerprint density at radius 1 is 0.516 bits per heavy atom. The molecule has 3 unspecified atom stereocenters. The van der Waals surface area contributed by atoms with E-state index in [0.29, 0.717) is 11.8 Å². The standard InChI is InChI=1S/C93H108N2/c1-10-16-18-20-22-28-56-93(57-29-23-21-19-17-11-2)88-61-74(48-54-82(88)83-55-49-75(62-89(83)93)92(9,14-5)15-6)71-33-31-35-79(60-71)95(77-52-46-69(47-53-77)73-43-41-68-40-42-72(68)58-73)91-64-87-80-36-24-26-38-84(80)90(63-86(87)81-37-25-27-39-85(81)91)94(76-50-44-67(45-51-76)65(7)8)78-34-30-32-70(59-78)66(12-3)13-4/h24-27,30-39,41,43-52,54-55,58-66,77,81,85H,10-23,28-29,40,42,53,56-57H2,1-9H3. The van der Waals surface area contributed by atoms with Crippen molar-refractivity contribution in [3.63, 3.8) is 0 Å². The summed E-state index contributed by atoms with van der Waals surface area (Å²) in [5.74, 6) is 1.17. The van der Waals surface area contributed by atoms with Crippen LogP contribution in [0, 0.1) is 5.92 Å². The van der Waals surface area contributed by atoms with Crippen molar-refractivity contribution < 1.29 is 0 Å². The summed E-state index contributed by atoms with van der Waals surface area (Å²) in [6.07, 6.45) is 45.8. The Morgan fingerprint density at radius 3 is 1.82 bits per heavy atom. The van der Waals surface area contributed by atoms with Gasteiger partial charge in [0.25, 0.3) is 0 Å². The molecule has 490 valence electrons. The number of nitrogens with zero attached hydrogens (tertiary/aromatic N) is 2. The molecule has 0 aliphatic heterocycles. The first-order chi connectivity index (χ1) is 46.5. The first-order valence-corrected chi connectivity index (χ1v) is 37.8. The van der Waals surface area contributed by atoms with Gasteiger partial charge in [-0.2, -0.15) is 0 Å². The van der Waals surface area contributed by atoms with Gasteiger partial charge in [-0.25, -0.2) is 0 Å². The summed E-state index contributed by atoms with van der Waals surface area (Å²) in [7, 11) is 0. The number of fused-ring (bicyclic) bond motifs is 9. The van der Waals surface area contributed by atoms with E-state index in [0.717, 1.165) is 32.1 Å². The van der Waals surface area contributed by atoms with Gasteiger partial charge in [0.15, 0.2) is 0 Å². The average Bonchev–Trinajstić information content (AvgIpc) is 1.68. The highest BCUT2D eigenvalue weighted by Gasteiger charge is 2.44. The Labute approximate surface area is 573 Å². The maximum absolute atomic E-state index is 2.77. The Hall–Kier alpha value is -7.68. The van der Waals surface area contributed by atoms with Gasteiger partial charge in [-0.1, -0.05) is 291 Å². The number of unbranched alkanes of at least 4 members (excludes halogenated alkanes) is 10. The lowest BCUT2D eigenvalue weighted by Gasteiger charge is -2.43. The number of hydrogen-bond donors (Lipinski definition) is 0. The van der Waals surface area contributed by atoms with Gasteiger partial charge in [0, 0.05) is 45.4 Å². The second kappa shape index (κ2) is 29.3. The van der Waals surface area contributed by atoms with Crippen LogP contribution < -0.4 is 9.80 Å². The summed E-state index contributed by atoms with van der Waals surface area (Å²) in [5.41, 5.74) is 27.8. The van der Waals surface area contributed by atoms with E-state index in [1.807, 2.05) is 0 Å². The fourth-order valence-electron chi connectivity index (χ4n) is 17.3. The van der Waals surface area contributed by atoms with E-state index in [1.165, 1.54) is 214 Å². The summed E-state index contributed by atoms with van der Waals surface area (Å²) in [5, 5.41) is 2.55. The predicted octanol–water partition coefficient (Wildman–Crippen LogP) is 27.0. The minimum absolute atomic E-state index is 0.0275. The Morgan fingerprint density at radius 2 is 1.16 bits per heavy atom. The van der Waals surface area contributed by atoms with E-state index in [1.54, 1.807) is 11.1 Å². The summed E-state index contributed by atoms with van der Waals surface area (Å²) in [6.45, 7) is 21.3. The highest BCUT2D eigenvalue weighted by Crippen LogP contribution is 2.57. The Bertz CT molecular complexity index is 4150. The molecule has 0 spiro atoms. The third-order valence-electron chi connectivity index (χ3n) is 23.7. The van der Waals surface area contributed by atoms with Crippen LogP contribution in [0.2, 0.25) is 0 Å². The SMILES string of the molecule is CCCCCCCCC1(CCCCCCCC)c2cc(-c3cccc(N(C4=Cc5c(cc(N(c6ccc(C(C)C)cc6)c6cccc(C(CC)CC)c6)c6ccccc56)C5C=CC=CC45)C4C=CC(c5ccc6c(c5)CC6)=CC4)c3)ccc2-c2ccc(C(C)(CC)CC)cc21. The number of benzene rings is 8. The van der Waals surface area contributed by atoms with Crippen molar-refractivity contribution in [1.82, 2.24) is 0 Å². The van der Waals surface area contributed by atoms with Crippen LogP contribution in [0.4, 0.5) is 22.7 Å². The average molecular weight is 1250 g/mol. The molecule has 3 atom stereocenters. The minimum atomic E-state index is -0.0275. The lowest BCUT2D eigenvalue weighted by atomic mass is 9.68. The number of aryl methyl sites for hydroxylation is 2. The zero-order valence-electron chi connectivity index (χ0n) is 59.3. The fourth-order valence-corrected chi connectivity index (χ4v) is 17.3. The maximum Gasteiger partial charge on any atom is 0.0557 e. The van der Waals surface area contributed by atoms with E-state index >= 15 is 0 Å². The number of rotatable bonds is 29. The smallest absolute Gasteiger partial charge is 0.0557 e. The molecular weight excluding hydrogens is 1150 g/mol. The van der Waals surface area contributed by atoms with Gasteiger partial charge in [-0.3, -0.25) is 0 Å². The topological polar surface area (TPSA) is 6.48 Å². The fraction of sp³-hybridized carbons (Fsp3) is 0.398. The highest BCUT2D eigenvalue weighted by molar-refractivity contribution is 6.05. The van der Waals surface area contributed by atoms with Crippen molar-refractivity contribution in [2.24, 2.45) is 5.92 Å². The molecule has 0 fully saturated rings. The largest absolute Gasteiger partial charge is 0.337 e.